The third-order valence-corrected chi connectivity index (χ3v) is 5.13. The minimum absolute atomic E-state index is 0.0464. The number of hydrogen-bond acceptors (Lipinski definition) is 6. The van der Waals surface area contributed by atoms with Crippen molar-refractivity contribution < 1.29 is 23.4 Å². The highest BCUT2D eigenvalue weighted by atomic mass is 16.7. The summed E-state index contributed by atoms with van der Waals surface area (Å²) in [6.45, 7) is 3.20. The highest BCUT2D eigenvalue weighted by Gasteiger charge is 2.42. The zero-order valence-corrected chi connectivity index (χ0v) is 14.8. The summed E-state index contributed by atoms with van der Waals surface area (Å²) in [4.78, 5) is 12.7. The fourth-order valence-electron chi connectivity index (χ4n) is 3.88. The maximum Gasteiger partial charge on any atom is 0.311 e. The monoisotopic (exact) mass is 357 g/mol. The first-order valence-electron chi connectivity index (χ1n) is 9.08. The Kier molecular flexibility index (Phi) is 4.84. The lowest BCUT2D eigenvalue weighted by atomic mass is 9.83. The summed E-state index contributed by atoms with van der Waals surface area (Å²) in [6.07, 6.45) is 3.28. The quantitative estimate of drug-likeness (QED) is 0.802. The number of fused-ring (bicyclic) bond motifs is 1. The van der Waals surface area contributed by atoms with Gasteiger partial charge in [-0.2, -0.15) is 0 Å². The van der Waals surface area contributed by atoms with Crippen molar-refractivity contribution in [3.05, 3.63) is 47.9 Å². The lowest BCUT2D eigenvalue weighted by Crippen LogP contribution is -2.34. The highest BCUT2D eigenvalue weighted by molar-refractivity contribution is 5.75. The molecule has 0 spiro atoms. The molecule has 138 valence electrons. The van der Waals surface area contributed by atoms with Gasteiger partial charge in [-0.1, -0.05) is 6.07 Å². The molecule has 4 rings (SSSR count). The van der Waals surface area contributed by atoms with Crippen LogP contribution < -0.4 is 14.8 Å². The van der Waals surface area contributed by atoms with E-state index in [1.54, 1.807) is 6.26 Å². The number of hydrogen-bond donors (Lipinski definition) is 1. The molecule has 1 aromatic heterocycles. The second-order valence-electron chi connectivity index (χ2n) is 6.63. The molecule has 26 heavy (non-hydrogen) atoms. The molecule has 1 saturated heterocycles. The van der Waals surface area contributed by atoms with Gasteiger partial charge in [0, 0.05) is 24.9 Å². The van der Waals surface area contributed by atoms with E-state index >= 15 is 0 Å². The second kappa shape index (κ2) is 7.41. The van der Waals surface area contributed by atoms with E-state index in [2.05, 4.69) is 5.32 Å². The molecule has 0 saturated carbocycles. The number of carbonyl (C=O) groups is 1. The maximum absolute atomic E-state index is 12.7. The van der Waals surface area contributed by atoms with Gasteiger partial charge < -0.3 is 23.9 Å². The molecular weight excluding hydrogens is 334 g/mol. The molecule has 6 nitrogen and oxygen atoms in total. The lowest BCUT2D eigenvalue weighted by molar-refractivity contribution is -0.148. The van der Waals surface area contributed by atoms with E-state index in [1.807, 2.05) is 37.3 Å². The van der Waals surface area contributed by atoms with Crippen molar-refractivity contribution in [3.8, 4) is 11.5 Å². The Morgan fingerprint density at radius 3 is 2.96 bits per heavy atom. The number of carbonyl (C=O) groups excluding carboxylic acids is 1. The zero-order chi connectivity index (χ0) is 17.9. The molecule has 3 heterocycles. The van der Waals surface area contributed by atoms with Crippen LogP contribution >= 0.6 is 0 Å². The Hall–Kier alpha value is -2.47. The van der Waals surface area contributed by atoms with Crippen LogP contribution in [0.25, 0.3) is 0 Å². The number of nitrogens with one attached hydrogen (secondary N) is 1. The summed E-state index contributed by atoms with van der Waals surface area (Å²) in [7, 11) is 0. The molecule has 6 heteroatoms. The van der Waals surface area contributed by atoms with Crippen LogP contribution in [0, 0.1) is 5.92 Å². The molecule has 2 aromatic rings. The maximum atomic E-state index is 12.7. The number of esters is 1. The molecule has 1 N–H and O–H groups in total. The Labute approximate surface area is 152 Å². The lowest BCUT2D eigenvalue weighted by Gasteiger charge is -2.22. The zero-order valence-electron chi connectivity index (χ0n) is 14.8. The second-order valence-corrected chi connectivity index (χ2v) is 6.63. The molecule has 0 unspecified atom stereocenters. The summed E-state index contributed by atoms with van der Waals surface area (Å²) in [5, 5.41) is 3.51. The van der Waals surface area contributed by atoms with Gasteiger partial charge in [0.05, 0.1) is 18.8 Å². The summed E-state index contributed by atoms with van der Waals surface area (Å²) < 4.78 is 21.7. The Bertz CT molecular complexity index is 758. The third kappa shape index (κ3) is 3.29. The van der Waals surface area contributed by atoms with E-state index in [4.69, 9.17) is 18.6 Å². The molecule has 2 aliphatic rings. The van der Waals surface area contributed by atoms with Crippen LogP contribution in [0.1, 0.15) is 30.6 Å². The van der Waals surface area contributed by atoms with E-state index < -0.39 is 0 Å². The first-order chi connectivity index (χ1) is 12.8. The van der Waals surface area contributed by atoms with Gasteiger partial charge in [0.2, 0.25) is 6.79 Å². The van der Waals surface area contributed by atoms with E-state index in [-0.39, 0.29) is 30.6 Å². The average Bonchev–Trinajstić information content (AvgIpc) is 3.38. The van der Waals surface area contributed by atoms with Gasteiger partial charge >= 0.3 is 5.97 Å². The number of benzene rings is 1. The fraction of sp³-hybridized carbons (Fsp3) is 0.450. The van der Waals surface area contributed by atoms with Gasteiger partial charge in [-0.05, 0) is 43.2 Å². The topological polar surface area (TPSA) is 69.9 Å². The third-order valence-electron chi connectivity index (χ3n) is 5.13. The standard InChI is InChI=1S/C20H23NO5/c1-2-23-20(22)19-15(13-5-8-17-18(10-13)26-12-25-17)11-21-16(19)7-6-14-4-3-9-24-14/h3-5,8-10,15-16,19,21H,2,6-7,11-12H2,1H3/t15-,16+,19-/m1/s1. The number of ether oxygens (including phenoxy) is 3. The first kappa shape index (κ1) is 17.0. The molecule has 3 atom stereocenters. The van der Waals surface area contributed by atoms with E-state index in [1.165, 1.54) is 0 Å². The number of furan rings is 1. The van der Waals surface area contributed by atoms with Crippen LogP contribution in [-0.4, -0.2) is 32.0 Å². The van der Waals surface area contributed by atoms with Crippen molar-refractivity contribution in [2.45, 2.75) is 31.7 Å². The van der Waals surface area contributed by atoms with Crippen molar-refractivity contribution in [3.63, 3.8) is 0 Å². The number of rotatable bonds is 6. The number of aryl methyl sites for hydroxylation is 1. The molecule has 1 aromatic carbocycles. The van der Waals surface area contributed by atoms with Crippen LogP contribution in [0.2, 0.25) is 0 Å². The van der Waals surface area contributed by atoms with Crippen LogP contribution in [0.4, 0.5) is 0 Å². The Balaban J connectivity index is 1.54. The van der Waals surface area contributed by atoms with Crippen molar-refractivity contribution in [2.24, 2.45) is 5.92 Å². The summed E-state index contributed by atoms with van der Waals surface area (Å²) in [5.41, 5.74) is 1.07. The molecule has 2 aliphatic heterocycles. The normalized spacial score (nSPS) is 24.0. The molecule has 0 radical (unpaired) electrons. The Morgan fingerprint density at radius 1 is 1.27 bits per heavy atom. The van der Waals surface area contributed by atoms with Crippen LogP contribution in [0.15, 0.2) is 41.0 Å². The van der Waals surface area contributed by atoms with Crippen LogP contribution in [0.5, 0.6) is 11.5 Å². The van der Waals surface area contributed by atoms with Gasteiger partial charge in [0.25, 0.3) is 0 Å². The van der Waals surface area contributed by atoms with Gasteiger partial charge in [-0.25, -0.2) is 0 Å². The average molecular weight is 357 g/mol. The summed E-state index contributed by atoms with van der Waals surface area (Å²) in [6, 6.07) is 9.81. The van der Waals surface area contributed by atoms with Crippen LogP contribution in [-0.2, 0) is 16.0 Å². The summed E-state index contributed by atoms with van der Waals surface area (Å²) >= 11 is 0. The molecule has 0 bridgehead atoms. The minimum Gasteiger partial charge on any atom is -0.469 e. The van der Waals surface area contributed by atoms with E-state index in [9.17, 15) is 4.79 Å². The van der Waals surface area contributed by atoms with E-state index in [0.717, 1.165) is 42.2 Å². The molecular formula is C20H23NO5. The Morgan fingerprint density at radius 2 is 2.15 bits per heavy atom. The first-order valence-corrected chi connectivity index (χ1v) is 9.08. The van der Waals surface area contributed by atoms with Crippen molar-refractivity contribution >= 4 is 5.97 Å². The van der Waals surface area contributed by atoms with Gasteiger partial charge in [0.15, 0.2) is 11.5 Å². The van der Waals surface area contributed by atoms with Gasteiger partial charge in [-0.3, -0.25) is 4.79 Å². The molecule has 0 aliphatic carbocycles. The van der Waals surface area contributed by atoms with Crippen LogP contribution in [0.3, 0.4) is 0 Å². The predicted octanol–water partition coefficient (Wildman–Crippen LogP) is 2.88. The SMILES string of the molecule is CCOC(=O)[C@H]1[C@H](CCc2ccco2)NC[C@@H]1c1ccc2c(c1)OCO2. The summed E-state index contributed by atoms with van der Waals surface area (Å²) in [5.74, 6) is 2.09. The smallest absolute Gasteiger partial charge is 0.311 e. The molecule has 1 fully saturated rings. The predicted molar refractivity (Wildman–Crippen MR) is 94.2 cm³/mol. The molecule has 0 amide bonds. The van der Waals surface area contributed by atoms with Crippen molar-refractivity contribution in [1.82, 2.24) is 5.32 Å². The van der Waals surface area contributed by atoms with Crippen molar-refractivity contribution in [1.29, 1.82) is 0 Å². The fourth-order valence-corrected chi connectivity index (χ4v) is 3.88. The van der Waals surface area contributed by atoms with Gasteiger partial charge in [-0.15, -0.1) is 0 Å². The van der Waals surface area contributed by atoms with E-state index in [0.29, 0.717) is 6.61 Å². The van der Waals surface area contributed by atoms with Crippen molar-refractivity contribution in [2.75, 3.05) is 19.9 Å². The van der Waals surface area contributed by atoms with Gasteiger partial charge in [0.1, 0.15) is 5.76 Å². The minimum atomic E-state index is -0.231. The largest absolute Gasteiger partial charge is 0.469 e. The highest BCUT2D eigenvalue weighted by Crippen LogP contribution is 2.40.